The fraction of sp³-hybridized carbons (Fsp3) is 0.0645. The summed E-state index contributed by atoms with van der Waals surface area (Å²) in [6.45, 7) is -1.12. The Morgan fingerprint density at radius 1 is 0.175 bits per heavy atom. The van der Waals surface area contributed by atoms with E-state index in [0.717, 1.165) is 0 Å². The van der Waals surface area contributed by atoms with Gasteiger partial charge in [-0.15, -0.1) is 0 Å². The average molecular weight is 1530 g/mol. The van der Waals surface area contributed by atoms with E-state index in [9.17, 15) is 52.7 Å². The molecule has 103 heavy (non-hydrogen) atoms. The molecule has 41 heteroatoms. The first-order valence-electron chi connectivity index (χ1n) is 26.1. The van der Waals surface area contributed by atoms with Gasteiger partial charge >= 0.3 is 0 Å². The highest BCUT2D eigenvalue weighted by Crippen LogP contribution is 2.57. The van der Waals surface area contributed by atoms with Crippen LogP contribution in [0.1, 0.15) is 23.6 Å². The second-order valence-electron chi connectivity index (χ2n) is 21.1. The van der Waals surface area contributed by atoms with Crippen LogP contribution in [0.5, 0.6) is 0 Å². The van der Waals surface area contributed by atoms with Gasteiger partial charge in [-0.1, -0.05) is 0 Å². The highest BCUT2D eigenvalue weighted by Gasteiger charge is 2.55. The Balaban J connectivity index is 1.48. The summed E-state index contributed by atoms with van der Waals surface area (Å²) in [7, 11) is 0. The highest BCUT2D eigenvalue weighted by atomic mass is 19.2. The first-order valence-corrected chi connectivity index (χ1v) is 26.1. The number of benzene rings is 9. The summed E-state index contributed by atoms with van der Waals surface area (Å²) in [4.78, 5) is 0. The molecule has 0 bridgehead atoms. The number of allylic oxidation sites excluding steroid dienone is 4. The van der Waals surface area contributed by atoms with Crippen LogP contribution in [0.2, 0.25) is 0 Å². The van der Waals surface area contributed by atoms with E-state index in [2.05, 4.69) is 0 Å². The van der Waals surface area contributed by atoms with Gasteiger partial charge in [0.25, 0.3) is 0 Å². The molecule has 1 aliphatic carbocycles. The van der Waals surface area contributed by atoms with Crippen molar-refractivity contribution in [2.75, 3.05) is 0 Å². The van der Waals surface area contributed by atoms with E-state index < -0.39 is 351 Å². The predicted octanol–water partition coefficient (Wildman–Crippen LogP) is 23.0. The molecule has 10 rings (SSSR count). The summed E-state index contributed by atoms with van der Waals surface area (Å²) >= 11 is 0. The third-order valence-electron chi connectivity index (χ3n) is 15.7. The zero-order chi connectivity index (χ0) is 77.6. The fourth-order valence-corrected chi connectivity index (χ4v) is 10.9. The molecular formula is C62H7F41. The predicted molar refractivity (Wildman–Crippen MR) is 265 cm³/mol. The molecule has 9 aromatic rings. The van der Waals surface area contributed by atoms with Crippen molar-refractivity contribution in [2.45, 2.75) is 25.7 Å². The van der Waals surface area contributed by atoms with E-state index in [1.807, 2.05) is 0 Å². The van der Waals surface area contributed by atoms with Crippen LogP contribution in [-0.4, -0.2) is 11.8 Å². The van der Waals surface area contributed by atoms with E-state index in [0.29, 0.717) is 0 Å². The van der Waals surface area contributed by atoms with Gasteiger partial charge in [-0.25, -0.2) is 180 Å². The number of hydrogen-bond acceptors (Lipinski definition) is 0. The highest BCUT2D eigenvalue weighted by molar-refractivity contribution is 5.95. The van der Waals surface area contributed by atoms with E-state index in [1.54, 1.807) is 0 Å². The van der Waals surface area contributed by atoms with Crippen LogP contribution in [0.15, 0.2) is 11.7 Å². The van der Waals surface area contributed by atoms with Crippen molar-refractivity contribution in [3.8, 4) is 77.9 Å². The van der Waals surface area contributed by atoms with Gasteiger partial charge in [0.1, 0.15) is 40.7 Å². The van der Waals surface area contributed by atoms with Gasteiger partial charge in [-0.2, -0.15) is 0 Å². The van der Waals surface area contributed by atoms with Gasteiger partial charge in [0.05, 0.1) is 83.5 Å². The van der Waals surface area contributed by atoms with E-state index in [-0.39, 0.29) is 6.92 Å². The number of rotatable bonds is 9. The van der Waals surface area contributed by atoms with Gasteiger partial charge in [0.2, 0.25) is 23.3 Å². The monoisotopic (exact) mass is 1530 g/mol. The van der Waals surface area contributed by atoms with Gasteiger partial charge in [0, 0.05) is 16.7 Å². The minimum Gasteiger partial charge on any atom is -0.238 e. The molecule has 9 aromatic carbocycles. The largest absolute Gasteiger partial charge is 0.238 e. The summed E-state index contributed by atoms with van der Waals surface area (Å²) in [6, 6.07) is 0. The molecule has 1 aliphatic rings. The molecule has 0 spiro atoms. The van der Waals surface area contributed by atoms with Crippen LogP contribution in [0, 0.1) is 222 Å². The topological polar surface area (TPSA) is 0 Å². The molecule has 0 aromatic heterocycles. The average Bonchev–Trinajstić information content (AvgIpc) is 0.704. The molecule has 0 amide bonds. The fourth-order valence-electron chi connectivity index (χ4n) is 10.9. The van der Waals surface area contributed by atoms with E-state index in [4.69, 9.17) is 0 Å². The normalized spacial score (nSPS) is 15.0. The number of halogens is 41. The van der Waals surface area contributed by atoms with Crippen molar-refractivity contribution in [2.24, 2.45) is 0 Å². The summed E-state index contributed by atoms with van der Waals surface area (Å²) in [5, 5.41) is 0. The molecule has 0 aliphatic heterocycles. The maximum atomic E-state index is 18.0. The second-order valence-corrected chi connectivity index (χ2v) is 21.1. The lowest BCUT2D eigenvalue weighted by Gasteiger charge is -2.34. The number of alkyl halides is 2. The summed E-state index contributed by atoms with van der Waals surface area (Å²) in [5.41, 5.74) is -70.6. The maximum absolute atomic E-state index is 18.0. The zero-order valence-corrected chi connectivity index (χ0v) is 47.6. The van der Waals surface area contributed by atoms with Gasteiger partial charge in [-0.3, -0.25) is 0 Å². The van der Waals surface area contributed by atoms with Gasteiger partial charge < -0.3 is 0 Å². The lowest BCUT2D eigenvalue weighted by Crippen LogP contribution is -2.39. The molecule has 2 atom stereocenters. The lowest BCUT2D eigenvalue weighted by atomic mass is 9.76. The Labute approximate surface area is 537 Å². The smallest absolute Gasteiger partial charge is 0.200 e. The van der Waals surface area contributed by atoms with Crippen LogP contribution in [0.4, 0.5) is 180 Å². The molecule has 0 heterocycles. The van der Waals surface area contributed by atoms with Crippen molar-refractivity contribution < 1.29 is 180 Å². The SMILES string of the molecule is Cc1c(F)c(-c2c(F)c(-c3c(F)c(F)c(-c4c(F)c(F)c(F)c(F)c4F)c(F)c3F)c(F)c(-c3c(F)c(C4=C(F)C(F)=C(c5c(F)c(F)c(F)c(F)c5F)C(C)(F)C4F)c(F)c(-c4c(F)c(F)c(-c5c(F)c(F)c(F)c(F)c5F)c(F)c4F)c3F)c2F)c(F)c(F)c1-c1c(F)c(F)c(F)c(F)c1F. The molecule has 0 fully saturated rings. The Morgan fingerprint density at radius 3 is 0.544 bits per heavy atom. The lowest BCUT2D eigenvalue weighted by molar-refractivity contribution is 0.154. The zero-order valence-electron chi connectivity index (χ0n) is 47.6. The maximum Gasteiger partial charge on any atom is 0.200 e. The third-order valence-corrected chi connectivity index (χ3v) is 15.7. The molecule has 0 saturated carbocycles. The number of hydrogen-bond donors (Lipinski definition) is 0. The molecule has 0 nitrogen and oxygen atoms in total. The second kappa shape index (κ2) is 25.2. The van der Waals surface area contributed by atoms with Crippen LogP contribution in [0.25, 0.3) is 89.0 Å². The van der Waals surface area contributed by atoms with Crippen molar-refractivity contribution >= 4 is 11.1 Å². The Hall–Kier alpha value is -10.4. The first kappa shape index (κ1) is 75.3. The Kier molecular flexibility index (Phi) is 18.4. The van der Waals surface area contributed by atoms with Crippen LogP contribution < -0.4 is 0 Å². The first-order chi connectivity index (χ1) is 47.6. The van der Waals surface area contributed by atoms with Crippen LogP contribution in [-0.2, 0) is 0 Å². The molecular weight excluding hydrogens is 1520 g/mol. The van der Waals surface area contributed by atoms with Crippen LogP contribution in [0.3, 0.4) is 0 Å². The van der Waals surface area contributed by atoms with Crippen LogP contribution >= 0.6 is 0 Å². The molecule has 0 radical (unpaired) electrons. The van der Waals surface area contributed by atoms with Crippen molar-refractivity contribution in [1.29, 1.82) is 0 Å². The van der Waals surface area contributed by atoms with Gasteiger partial charge in [0.15, 0.2) is 175 Å². The molecule has 2 unspecified atom stereocenters. The van der Waals surface area contributed by atoms with Crippen molar-refractivity contribution in [3.05, 3.63) is 244 Å². The molecule has 0 N–H and O–H groups in total. The van der Waals surface area contributed by atoms with Crippen molar-refractivity contribution in [3.63, 3.8) is 0 Å². The van der Waals surface area contributed by atoms with E-state index in [1.165, 1.54) is 0 Å². The van der Waals surface area contributed by atoms with Crippen molar-refractivity contribution in [1.82, 2.24) is 0 Å². The molecule has 542 valence electrons. The third kappa shape index (κ3) is 10.1. The minimum atomic E-state index is -5.48. The van der Waals surface area contributed by atoms with E-state index >= 15 is 127 Å². The Bertz CT molecular complexity index is 5120. The standard InChI is InChI=1S/C62H7F41/c1-3-4(5-39(80)49(90)57(98)50(91)40(5)81)29(70)30(71)6(22(3)63)7-23(64)8(25(66)10(24(7)65)12-31(72)35(76)14(36(77)32(12)73)16-41(82)51(92)58(99)52(93)42(16)83)9-26(67)11(13-33(74)37(78)15(38(79)34(13)75)17-43(84)53(94)59(100)54(95)44(17)85)28(69)18(27(9)68)19-45(86)48(89)21(62(2,103)61(19)102)20-46(87)55(96)60(101)56(97)47(20)88/h61H,1-2H3. The minimum absolute atomic E-state index is 0.308. The quantitative estimate of drug-likeness (QED) is 0.0768. The summed E-state index contributed by atoms with van der Waals surface area (Å²) in [5.74, 6) is -142. The summed E-state index contributed by atoms with van der Waals surface area (Å²) < 4.78 is 650. The summed E-state index contributed by atoms with van der Waals surface area (Å²) in [6.07, 6.45) is -5.23. The Morgan fingerprint density at radius 2 is 0.320 bits per heavy atom. The molecule has 0 saturated heterocycles. The van der Waals surface area contributed by atoms with Gasteiger partial charge in [-0.05, 0) is 19.4 Å².